The van der Waals surface area contributed by atoms with E-state index in [0.717, 1.165) is 23.3 Å². The van der Waals surface area contributed by atoms with Crippen molar-refractivity contribution >= 4 is 34.1 Å². The van der Waals surface area contributed by atoms with Crippen LogP contribution in [0.3, 0.4) is 0 Å². The minimum atomic E-state index is -1.03. The molecule has 4 aromatic rings. The number of rotatable bonds is 5. The molecule has 0 unspecified atom stereocenters. The molecule has 0 fully saturated rings. The minimum absolute atomic E-state index is 0.107. The van der Waals surface area contributed by atoms with Crippen LogP contribution in [0.4, 0.5) is 14.5 Å². The molecule has 0 radical (unpaired) electrons. The molecule has 0 saturated carbocycles. The van der Waals surface area contributed by atoms with Crippen molar-refractivity contribution in [2.45, 2.75) is 0 Å². The van der Waals surface area contributed by atoms with Gasteiger partial charge in [-0.2, -0.15) is 0 Å². The summed E-state index contributed by atoms with van der Waals surface area (Å²) in [6.07, 6.45) is 3.03. The van der Waals surface area contributed by atoms with Crippen LogP contribution in [-0.4, -0.2) is 22.9 Å². The van der Waals surface area contributed by atoms with Crippen molar-refractivity contribution in [3.05, 3.63) is 82.6 Å². The van der Waals surface area contributed by atoms with Crippen molar-refractivity contribution in [3.8, 4) is 11.1 Å². The maximum Gasteiger partial charge on any atom is 0.201 e. The number of benzene rings is 2. The molecule has 4 rings (SSSR count). The number of aromatic nitrogens is 2. The number of aromatic amines is 1. The fourth-order valence-electron chi connectivity index (χ4n) is 3.08. The predicted molar refractivity (Wildman–Crippen MR) is 107 cm³/mol. The Bertz CT molecular complexity index is 1220. The average molecular weight is 414 g/mol. The summed E-state index contributed by atoms with van der Waals surface area (Å²) < 4.78 is 29.0. The van der Waals surface area contributed by atoms with Crippen LogP contribution in [-0.2, 0) is 4.84 Å². The Morgan fingerprint density at radius 3 is 2.62 bits per heavy atom. The Hall–Kier alpha value is -3.29. The SMILES string of the molecule is CONc1ccc(F)c(C(=O)c2c[nH]c3ncc(-c4ccc(Cl)cc4)cc23)c1F. The van der Waals surface area contributed by atoms with Crippen molar-refractivity contribution in [1.29, 1.82) is 0 Å². The normalized spacial score (nSPS) is 11.0. The maximum atomic E-state index is 14.7. The van der Waals surface area contributed by atoms with Crippen LogP contribution in [0.25, 0.3) is 22.2 Å². The molecular formula is C21H14ClF2N3O2. The first-order valence-corrected chi connectivity index (χ1v) is 8.92. The zero-order valence-electron chi connectivity index (χ0n) is 15.1. The first kappa shape index (κ1) is 19.0. The van der Waals surface area contributed by atoms with Crippen molar-refractivity contribution in [3.63, 3.8) is 0 Å². The van der Waals surface area contributed by atoms with Gasteiger partial charge in [0.2, 0.25) is 5.78 Å². The van der Waals surface area contributed by atoms with Gasteiger partial charge in [0.25, 0.3) is 0 Å². The molecule has 0 aliphatic carbocycles. The number of hydrogen-bond acceptors (Lipinski definition) is 4. The zero-order chi connectivity index (χ0) is 20.5. The topological polar surface area (TPSA) is 67.0 Å². The lowest BCUT2D eigenvalue weighted by atomic mass is 10.00. The molecular weight excluding hydrogens is 400 g/mol. The molecule has 0 saturated heterocycles. The van der Waals surface area contributed by atoms with Crippen LogP contribution in [0.15, 0.2) is 54.9 Å². The Morgan fingerprint density at radius 1 is 1.14 bits per heavy atom. The first-order chi connectivity index (χ1) is 14.0. The molecule has 0 spiro atoms. The molecule has 0 aliphatic heterocycles. The molecule has 5 nitrogen and oxygen atoms in total. The van der Waals surface area contributed by atoms with Crippen molar-refractivity contribution in [1.82, 2.24) is 9.97 Å². The molecule has 0 bridgehead atoms. The van der Waals surface area contributed by atoms with Gasteiger partial charge in [-0.05, 0) is 35.9 Å². The van der Waals surface area contributed by atoms with Crippen LogP contribution >= 0.6 is 11.6 Å². The van der Waals surface area contributed by atoms with Crippen LogP contribution in [0.2, 0.25) is 5.02 Å². The number of nitrogens with zero attached hydrogens (tertiary/aromatic N) is 1. The second-order valence-electron chi connectivity index (χ2n) is 6.25. The van der Waals surface area contributed by atoms with Gasteiger partial charge in [0, 0.05) is 33.9 Å². The molecule has 0 aliphatic rings. The number of ketones is 1. The highest BCUT2D eigenvalue weighted by molar-refractivity contribution is 6.30. The number of anilines is 1. The maximum absolute atomic E-state index is 14.7. The standard InChI is InChI=1S/C21H14ClF2N3O2/c1-29-27-17-7-6-16(23)18(19(17)24)20(28)15-10-26-21-14(15)8-12(9-25-21)11-2-4-13(22)5-3-11/h2-10,27H,1H3,(H,25,26). The van der Waals surface area contributed by atoms with Crippen LogP contribution in [0.5, 0.6) is 0 Å². The predicted octanol–water partition coefficient (Wildman–Crippen LogP) is 5.37. The Morgan fingerprint density at radius 2 is 1.90 bits per heavy atom. The van der Waals surface area contributed by atoms with Gasteiger partial charge in [-0.1, -0.05) is 23.7 Å². The van der Waals surface area contributed by atoms with Crippen LogP contribution in [0.1, 0.15) is 15.9 Å². The van der Waals surface area contributed by atoms with Crippen molar-refractivity contribution < 1.29 is 18.4 Å². The summed E-state index contributed by atoms with van der Waals surface area (Å²) in [6, 6.07) is 11.0. The van der Waals surface area contributed by atoms with E-state index in [1.807, 2.05) is 12.1 Å². The second-order valence-corrected chi connectivity index (χ2v) is 6.69. The molecule has 2 aromatic carbocycles. The molecule has 2 heterocycles. The number of carbonyl (C=O) groups excluding carboxylic acids is 1. The Balaban J connectivity index is 1.82. The molecule has 2 N–H and O–H groups in total. The smallest absolute Gasteiger partial charge is 0.201 e. The number of H-pyrrole nitrogens is 1. The molecule has 0 amide bonds. The van der Waals surface area contributed by atoms with E-state index in [2.05, 4.69) is 20.3 Å². The molecule has 146 valence electrons. The number of nitrogens with one attached hydrogen (secondary N) is 2. The van der Waals surface area contributed by atoms with Crippen molar-refractivity contribution in [2.24, 2.45) is 0 Å². The van der Waals surface area contributed by atoms with E-state index in [4.69, 9.17) is 11.6 Å². The Kier molecular flexibility index (Phi) is 5.00. The molecule has 2 aromatic heterocycles. The lowest BCUT2D eigenvalue weighted by molar-refractivity contribution is 0.103. The fourth-order valence-corrected chi connectivity index (χ4v) is 3.20. The Labute approximate surface area is 169 Å². The zero-order valence-corrected chi connectivity index (χ0v) is 15.8. The first-order valence-electron chi connectivity index (χ1n) is 8.54. The number of fused-ring (bicyclic) bond motifs is 1. The van der Waals surface area contributed by atoms with Gasteiger partial charge < -0.3 is 4.98 Å². The van der Waals surface area contributed by atoms with E-state index in [1.54, 1.807) is 24.4 Å². The quantitative estimate of drug-likeness (QED) is 0.341. The van der Waals surface area contributed by atoms with E-state index < -0.39 is 23.0 Å². The van der Waals surface area contributed by atoms with E-state index in [-0.39, 0.29) is 11.3 Å². The number of hydrogen-bond donors (Lipinski definition) is 2. The third-order valence-electron chi connectivity index (χ3n) is 4.48. The van der Waals surface area contributed by atoms with Gasteiger partial charge in [0.15, 0.2) is 5.82 Å². The van der Waals surface area contributed by atoms with Gasteiger partial charge in [-0.15, -0.1) is 0 Å². The summed E-state index contributed by atoms with van der Waals surface area (Å²) in [7, 11) is 1.29. The van der Waals surface area contributed by atoms with Gasteiger partial charge in [0.1, 0.15) is 11.5 Å². The monoisotopic (exact) mass is 413 g/mol. The number of halogens is 3. The summed E-state index contributed by atoms with van der Waals surface area (Å²) in [5.41, 5.74) is 3.58. The highest BCUT2D eigenvalue weighted by Crippen LogP contribution is 2.29. The van der Waals surface area contributed by atoms with E-state index >= 15 is 0 Å². The highest BCUT2D eigenvalue weighted by atomic mass is 35.5. The third kappa shape index (κ3) is 3.46. The second kappa shape index (κ2) is 7.62. The highest BCUT2D eigenvalue weighted by Gasteiger charge is 2.24. The lowest BCUT2D eigenvalue weighted by Crippen LogP contribution is -2.10. The van der Waals surface area contributed by atoms with Gasteiger partial charge >= 0.3 is 0 Å². The van der Waals surface area contributed by atoms with Gasteiger partial charge in [0.05, 0.1) is 18.4 Å². The van der Waals surface area contributed by atoms with Gasteiger partial charge in [-0.25, -0.2) is 13.8 Å². The summed E-state index contributed by atoms with van der Waals surface area (Å²) in [5, 5.41) is 1.04. The summed E-state index contributed by atoms with van der Waals surface area (Å²) >= 11 is 5.93. The van der Waals surface area contributed by atoms with E-state index in [1.165, 1.54) is 13.3 Å². The van der Waals surface area contributed by atoms with Gasteiger partial charge in [-0.3, -0.25) is 15.1 Å². The summed E-state index contributed by atoms with van der Waals surface area (Å²) in [4.78, 5) is 24.8. The molecule has 29 heavy (non-hydrogen) atoms. The summed E-state index contributed by atoms with van der Waals surface area (Å²) in [6.45, 7) is 0. The summed E-state index contributed by atoms with van der Waals surface area (Å²) in [5.74, 6) is -2.81. The van der Waals surface area contributed by atoms with Crippen LogP contribution in [0, 0.1) is 11.6 Å². The van der Waals surface area contributed by atoms with E-state index in [0.29, 0.717) is 16.1 Å². The van der Waals surface area contributed by atoms with Crippen molar-refractivity contribution in [2.75, 3.05) is 12.6 Å². The average Bonchev–Trinajstić information content (AvgIpc) is 3.14. The number of pyridine rings is 1. The van der Waals surface area contributed by atoms with Crippen LogP contribution < -0.4 is 5.48 Å². The number of carbonyl (C=O) groups is 1. The lowest BCUT2D eigenvalue weighted by Gasteiger charge is -2.09. The van der Waals surface area contributed by atoms with E-state index in [9.17, 15) is 13.6 Å². The largest absolute Gasteiger partial charge is 0.345 e. The fraction of sp³-hybridized carbons (Fsp3) is 0.0476. The third-order valence-corrected chi connectivity index (χ3v) is 4.74. The minimum Gasteiger partial charge on any atom is -0.345 e. The molecule has 8 heteroatoms. The molecule has 0 atom stereocenters.